The Labute approximate surface area is 369 Å². The quantitative estimate of drug-likeness (QED) is 0.134. The number of rotatable bonds is 9. The Kier molecular flexibility index (Phi) is 9.80. The Morgan fingerprint density at radius 1 is 0.254 bits per heavy atom. The van der Waals surface area contributed by atoms with Crippen LogP contribution in [0.25, 0.3) is 65.7 Å². The second-order valence-electron chi connectivity index (χ2n) is 16.2. The summed E-state index contributed by atoms with van der Waals surface area (Å²) in [6, 6.07) is 90.4. The zero-order valence-electron chi connectivity index (χ0n) is 35.1. The molecule has 11 aromatic rings. The van der Waals surface area contributed by atoms with Crippen molar-refractivity contribution in [2.75, 3.05) is 9.80 Å². The van der Waals surface area contributed by atoms with Crippen molar-refractivity contribution in [1.29, 1.82) is 0 Å². The first-order valence-corrected chi connectivity index (χ1v) is 21.7. The number of fused-ring (bicyclic) bond motifs is 6. The molecular weight excluding hydrogens is 761 g/mol. The van der Waals surface area contributed by atoms with E-state index in [9.17, 15) is 0 Å². The number of hydrogen-bond donors (Lipinski definition) is 0. The molecule has 11 rings (SSSR count). The average Bonchev–Trinajstić information content (AvgIpc) is 3.36. The number of hydrogen-bond acceptors (Lipinski definition) is 2. The third-order valence-corrected chi connectivity index (χ3v) is 12.2. The van der Waals surface area contributed by atoms with Gasteiger partial charge in [0.2, 0.25) is 0 Å². The van der Waals surface area contributed by atoms with Crippen LogP contribution in [0.1, 0.15) is 5.56 Å². The van der Waals surface area contributed by atoms with Gasteiger partial charge in [-0.05, 0) is 151 Å². The summed E-state index contributed by atoms with van der Waals surface area (Å²) in [6.45, 7) is 2.16. The predicted molar refractivity (Wildman–Crippen MR) is 269 cm³/mol. The van der Waals surface area contributed by atoms with Gasteiger partial charge in [0.1, 0.15) is 0 Å². The number of anilines is 6. The maximum Gasteiger partial charge on any atom is 0.0468 e. The first kappa shape index (κ1) is 37.8. The highest BCUT2D eigenvalue weighted by molar-refractivity contribution is 6.33. The normalized spacial score (nSPS) is 11.3. The fourth-order valence-electron chi connectivity index (χ4n) is 9.37. The maximum atomic E-state index is 2.45. The van der Waals surface area contributed by atoms with E-state index in [2.05, 4.69) is 265 Å². The molecule has 0 aliphatic carbocycles. The van der Waals surface area contributed by atoms with E-state index in [1.54, 1.807) is 0 Å². The smallest absolute Gasteiger partial charge is 0.0468 e. The third kappa shape index (κ3) is 6.98. The summed E-state index contributed by atoms with van der Waals surface area (Å²) in [4.78, 5) is 4.74. The van der Waals surface area contributed by atoms with E-state index in [-0.39, 0.29) is 0 Å². The fourth-order valence-corrected chi connectivity index (χ4v) is 9.37. The van der Waals surface area contributed by atoms with E-state index in [4.69, 9.17) is 0 Å². The van der Waals surface area contributed by atoms with Crippen molar-refractivity contribution in [2.45, 2.75) is 6.92 Å². The van der Waals surface area contributed by atoms with Gasteiger partial charge in [-0.15, -0.1) is 0 Å². The molecule has 11 aromatic carbocycles. The largest absolute Gasteiger partial charge is 0.310 e. The molecule has 298 valence electrons. The van der Waals surface area contributed by atoms with Crippen LogP contribution in [0.5, 0.6) is 0 Å². The molecule has 0 fully saturated rings. The number of para-hydroxylation sites is 4. The lowest BCUT2D eigenvalue weighted by molar-refractivity contribution is 1.29. The van der Waals surface area contributed by atoms with Crippen LogP contribution in [0, 0.1) is 6.92 Å². The zero-order valence-corrected chi connectivity index (χ0v) is 35.1. The van der Waals surface area contributed by atoms with Gasteiger partial charge in [-0.25, -0.2) is 0 Å². The summed E-state index contributed by atoms with van der Waals surface area (Å²) in [6.07, 6.45) is 0. The summed E-state index contributed by atoms with van der Waals surface area (Å²) in [5.74, 6) is 0. The van der Waals surface area contributed by atoms with Crippen LogP contribution in [-0.2, 0) is 0 Å². The standard InChI is InChI=1S/C61H44N2/c1-43-32-34-45(35-33-43)55-42-56(44-20-8-2-9-21-44)60-53-38-36-51(62(47-24-12-4-13-25-47)48-26-14-5-15-27-48)40-57(53)58-41-52(37-39-54(58)61(60)59(55)46-22-10-3-11-23-46)63(49-28-16-6-17-29-49)50-30-18-7-19-31-50/h2-42H,1H3. The molecule has 0 saturated heterocycles. The lowest BCUT2D eigenvalue weighted by atomic mass is 9.81. The van der Waals surface area contributed by atoms with Crippen LogP contribution in [0.2, 0.25) is 0 Å². The van der Waals surface area contributed by atoms with Gasteiger partial charge in [0.05, 0.1) is 0 Å². The van der Waals surface area contributed by atoms with Crippen LogP contribution in [0.4, 0.5) is 34.1 Å². The van der Waals surface area contributed by atoms with Crippen LogP contribution in [0.3, 0.4) is 0 Å². The lowest BCUT2D eigenvalue weighted by Gasteiger charge is -2.28. The minimum Gasteiger partial charge on any atom is -0.310 e. The molecule has 0 atom stereocenters. The molecule has 0 amide bonds. The van der Waals surface area contributed by atoms with Crippen molar-refractivity contribution in [3.05, 3.63) is 254 Å². The molecule has 0 aliphatic rings. The third-order valence-electron chi connectivity index (χ3n) is 12.2. The molecule has 0 saturated carbocycles. The van der Waals surface area contributed by atoms with E-state index < -0.39 is 0 Å². The predicted octanol–water partition coefficient (Wildman–Crippen LogP) is 17.4. The van der Waals surface area contributed by atoms with Crippen molar-refractivity contribution >= 4 is 66.4 Å². The summed E-state index contributed by atoms with van der Waals surface area (Å²) < 4.78 is 0. The SMILES string of the molecule is Cc1ccc(-c2cc(-c3ccccc3)c3c4ccc(N(c5ccccc5)c5ccccc5)cc4c4cc(N(c5ccccc5)c5ccccc5)ccc4c3c2-c2ccccc2)cc1. The van der Waals surface area contributed by atoms with Crippen molar-refractivity contribution in [3.8, 4) is 33.4 Å². The fraction of sp³-hybridized carbons (Fsp3) is 0.0164. The van der Waals surface area contributed by atoms with Gasteiger partial charge in [0.15, 0.2) is 0 Å². The molecule has 0 aromatic heterocycles. The molecule has 0 spiro atoms. The summed E-state index contributed by atoms with van der Waals surface area (Å²) in [5, 5.41) is 7.27. The van der Waals surface area contributed by atoms with Crippen LogP contribution in [0.15, 0.2) is 249 Å². The van der Waals surface area contributed by atoms with E-state index in [0.717, 1.165) is 34.1 Å². The van der Waals surface area contributed by atoms with E-state index in [1.807, 2.05) is 0 Å². The monoisotopic (exact) mass is 804 g/mol. The zero-order chi connectivity index (χ0) is 42.1. The van der Waals surface area contributed by atoms with E-state index in [1.165, 1.54) is 71.3 Å². The Morgan fingerprint density at radius 3 is 1.05 bits per heavy atom. The molecule has 63 heavy (non-hydrogen) atoms. The van der Waals surface area contributed by atoms with Crippen LogP contribution >= 0.6 is 0 Å². The first-order valence-electron chi connectivity index (χ1n) is 21.7. The topological polar surface area (TPSA) is 6.48 Å². The molecular formula is C61H44N2. The molecule has 0 N–H and O–H groups in total. The Bertz CT molecular complexity index is 3270. The summed E-state index contributed by atoms with van der Waals surface area (Å²) in [5.41, 5.74) is 15.1. The molecule has 2 heteroatoms. The highest BCUT2D eigenvalue weighted by atomic mass is 15.1. The van der Waals surface area contributed by atoms with Gasteiger partial charge < -0.3 is 9.80 Å². The van der Waals surface area contributed by atoms with Gasteiger partial charge >= 0.3 is 0 Å². The first-order chi connectivity index (χ1) is 31.2. The minimum absolute atomic E-state index is 1.09. The molecule has 0 unspecified atom stereocenters. The highest BCUT2D eigenvalue weighted by Crippen LogP contribution is 2.51. The molecule has 0 radical (unpaired) electrons. The lowest BCUT2D eigenvalue weighted by Crippen LogP contribution is -2.10. The van der Waals surface area contributed by atoms with Crippen molar-refractivity contribution < 1.29 is 0 Å². The van der Waals surface area contributed by atoms with Gasteiger partial charge in [-0.1, -0.05) is 175 Å². The van der Waals surface area contributed by atoms with E-state index in [0.29, 0.717) is 0 Å². The van der Waals surface area contributed by atoms with Crippen LogP contribution < -0.4 is 9.80 Å². The second-order valence-corrected chi connectivity index (χ2v) is 16.2. The number of aryl methyl sites for hydroxylation is 1. The molecule has 0 heterocycles. The van der Waals surface area contributed by atoms with Gasteiger partial charge in [0.25, 0.3) is 0 Å². The second kappa shape index (κ2) is 16.3. The van der Waals surface area contributed by atoms with Crippen molar-refractivity contribution in [1.82, 2.24) is 0 Å². The van der Waals surface area contributed by atoms with Gasteiger partial charge in [0, 0.05) is 34.1 Å². The van der Waals surface area contributed by atoms with E-state index >= 15 is 0 Å². The minimum atomic E-state index is 1.09. The van der Waals surface area contributed by atoms with Gasteiger partial charge in [-0.3, -0.25) is 0 Å². The van der Waals surface area contributed by atoms with Gasteiger partial charge in [-0.2, -0.15) is 0 Å². The summed E-state index contributed by atoms with van der Waals surface area (Å²) >= 11 is 0. The maximum absolute atomic E-state index is 2.45. The van der Waals surface area contributed by atoms with Crippen molar-refractivity contribution in [2.24, 2.45) is 0 Å². The Balaban J connectivity index is 1.32. The molecule has 0 aliphatic heterocycles. The number of benzene rings is 11. The summed E-state index contributed by atoms with van der Waals surface area (Å²) in [7, 11) is 0. The Hall–Kier alpha value is -8.20. The average molecular weight is 805 g/mol. The van der Waals surface area contributed by atoms with Crippen molar-refractivity contribution in [3.63, 3.8) is 0 Å². The van der Waals surface area contributed by atoms with Crippen LogP contribution in [-0.4, -0.2) is 0 Å². The highest BCUT2D eigenvalue weighted by Gasteiger charge is 2.24. The molecule has 0 bridgehead atoms. The number of nitrogens with zero attached hydrogens (tertiary/aromatic N) is 2. The Morgan fingerprint density at radius 2 is 0.619 bits per heavy atom. The molecule has 2 nitrogen and oxygen atoms in total.